The van der Waals surface area contributed by atoms with E-state index in [1.165, 1.54) is 25.3 Å². The van der Waals surface area contributed by atoms with Crippen molar-refractivity contribution in [3.05, 3.63) is 58.4 Å². The third-order valence-electron chi connectivity index (χ3n) is 3.03. The van der Waals surface area contributed by atoms with Crippen molar-refractivity contribution in [2.45, 2.75) is 0 Å². The maximum atomic E-state index is 13.5. The third kappa shape index (κ3) is 4.42. The summed E-state index contributed by atoms with van der Waals surface area (Å²) in [4.78, 5) is 23.7. The summed E-state index contributed by atoms with van der Waals surface area (Å²) < 4.78 is 49.1. The van der Waals surface area contributed by atoms with Crippen molar-refractivity contribution in [1.29, 1.82) is 0 Å². The summed E-state index contributed by atoms with van der Waals surface area (Å²) in [6.45, 7) is -0.785. The van der Waals surface area contributed by atoms with Crippen LogP contribution in [-0.2, 0) is 9.53 Å². The first-order valence-corrected chi connectivity index (χ1v) is 7.15. The number of anilines is 1. The second kappa shape index (κ2) is 7.89. The number of nitrogens with one attached hydrogen (secondary N) is 1. The van der Waals surface area contributed by atoms with Gasteiger partial charge in [0.15, 0.2) is 24.1 Å². The molecule has 0 fully saturated rings. The predicted octanol–water partition coefficient (Wildman–Crippen LogP) is 3.56. The third-order valence-corrected chi connectivity index (χ3v) is 3.26. The first kappa shape index (κ1) is 18.6. The van der Waals surface area contributed by atoms with Crippen molar-refractivity contribution in [2.24, 2.45) is 0 Å². The normalized spacial score (nSPS) is 10.3. The fraction of sp³-hybridized carbons (Fsp3) is 0.125. The quantitative estimate of drug-likeness (QED) is 0.643. The van der Waals surface area contributed by atoms with Gasteiger partial charge < -0.3 is 14.8 Å². The van der Waals surface area contributed by atoms with Crippen molar-refractivity contribution in [1.82, 2.24) is 0 Å². The molecular weight excluding hydrogens is 363 g/mol. The van der Waals surface area contributed by atoms with Crippen molar-refractivity contribution < 1.29 is 32.2 Å². The molecule has 0 aliphatic carbocycles. The molecule has 2 aromatic carbocycles. The highest BCUT2D eigenvalue weighted by molar-refractivity contribution is 6.31. The molecular formula is C16H11ClF3NO4. The predicted molar refractivity (Wildman–Crippen MR) is 83.2 cm³/mol. The first-order valence-electron chi connectivity index (χ1n) is 6.77. The topological polar surface area (TPSA) is 64.6 Å². The van der Waals surface area contributed by atoms with E-state index in [0.29, 0.717) is 6.07 Å². The summed E-state index contributed by atoms with van der Waals surface area (Å²) in [5.74, 6) is -6.34. The lowest BCUT2D eigenvalue weighted by atomic mass is 10.2. The van der Waals surface area contributed by atoms with Crippen LogP contribution in [0.2, 0.25) is 5.02 Å². The molecule has 132 valence electrons. The van der Waals surface area contributed by atoms with Gasteiger partial charge in [-0.25, -0.2) is 18.0 Å². The number of hydrogen-bond acceptors (Lipinski definition) is 4. The van der Waals surface area contributed by atoms with Gasteiger partial charge in [-0.3, -0.25) is 4.79 Å². The Hall–Kier alpha value is -2.74. The fourth-order valence-electron chi connectivity index (χ4n) is 1.86. The van der Waals surface area contributed by atoms with Crippen LogP contribution in [0.3, 0.4) is 0 Å². The van der Waals surface area contributed by atoms with Gasteiger partial charge in [0.1, 0.15) is 11.3 Å². The van der Waals surface area contributed by atoms with E-state index in [1.54, 1.807) is 0 Å². The minimum atomic E-state index is -1.72. The summed E-state index contributed by atoms with van der Waals surface area (Å²) in [5, 5.41) is 2.22. The number of carbonyl (C=O) groups is 2. The summed E-state index contributed by atoms with van der Waals surface area (Å²) in [6, 6.07) is 5.71. The molecule has 0 saturated carbocycles. The molecule has 1 amide bonds. The minimum absolute atomic E-state index is 0.0122. The van der Waals surface area contributed by atoms with E-state index < -0.39 is 41.6 Å². The molecule has 0 bridgehead atoms. The van der Waals surface area contributed by atoms with Gasteiger partial charge in [0.2, 0.25) is 0 Å². The molecule has 1 N–H and O–H groups in total. The SMILES string of the molecule is COc1ccc(Cl)cc1C(=O)OCC(=O)Nc1ccc(F)c(F)c1F. The highest BCUT2D eigenvalue weighted by atomic mass is 35.5. The summed E-state index contributed by atoms with van der Waals surface area (Å²) in [7, 11) is 1.33. The zero-order chi connectivity index (χ0) is 18.6. The smallest absolute Gasteiger partial charge is 0.342 e. The monoisotopic (exact) mass is 373 g/mol. The molecule has 0 heterocycles. The average molecular weight is 374 g/mol. The number of rotatable bonds is 5. The van der Waals surface area contributed by atoms with Crippen molar-refractivity contribution in [3.8, 4) is 5.75 Å². The van der Waals surface area contributed by atoms with E-state index in [4.69, 9.17) is 21.1 Å². The molecule has 25 heavy (non-hydrogen) atoms. The van der Waals surface area contributed by atoms with Gasteiger partial charge in [0.05, 0.1) is 12.8 Å². The van der Waals surface area contributed by atoms with E-state index in [-0.39, 0.29) is 16.3 Å². The zero-order valence-electron chi connectivity index (χ0n) is 12.7. The van der Waals surface area contributed by atoms with Crippen LogP contribution in [0.1, 0.15) is 10.4 Å². The highest BCUT2D eigenvalue weighted by Crippen LogP contribution is 2.23. The van der Waals surface area contributed by atoms with Crippen LogP contribution in [0.25, 0.3) is 0 Å². The number of amides is 1. The van der Waals surface area contributed by atoms with Gasteiger partial charge >= 0.3 is 5.97 Å². The number of methoxy groups -OCH3 is 1. The van der Waals surface area contributed by atoms with Crippen molar-refractivity contribution in [2.75, 3.05) is 19.0 Å². The van der Waals surface area contributed by atoms with Crippen LogP contribution in [0, 0.1) is 17.5 Å². The number of esters is 1. The molecule has 0 spiro atoms. The second-order valence-corrected chi connectivity index (χ2v) is 5.13. The Balaban J connectivity index is 2.02. The number of hydrogen-bond donors (Lipinski definition) is 1. The number of ether oxygens (including phenoxy) is 2. The van der Waals surface area contributed by atoms with E-state index in [1.807, 2.05) is 5.32 Å². The Kier molecular flexibility index (Phi) is 5.87. The Labute approximate surface area is 145 Å². The maximum Gasteiger partial charge on any atom is 0.342 e. The zero-order valence-corrected chi connectivity index (χ0v) is 13.5. The summed E-state index contributed by atoms with van der Waals surface area (Å²) in [5.41, 5.74) is -0.595. The molecule has 2 rings (SSSR count). The van der Waals surface area contributed by atoms with E-state index in [0.717, 1.165) is 6.07 Å². The molecule has 0 radical (unpaired) electrons. The van der Waals surface area contributed by atoms with Crippen LogP contribution in [-0.4, -0.2) is 25.6 Å². The Morgan fingerprint density at radius 1 is 1.12 bits per heavy atom. The largest absolute Gasteiger partial charge is 0.496 e. The molecule has 0 aliphatic heterocycles. The Bertz CT molecular complexity index is 829. The lowest BCUT2D eigenvalue weighted by Gasteiger charge is -2.10. The molecule has 0 unspecified atom stereocenters. The molecule has 0 atom stereocenters. The van der Waals surface area contributed by atoms with Crippen LogP contribution < -0.4 is 10.1 Å². The number of benzene rings is 2. The van der Waals surface area contributed by atoms with Gasteiger partial charge in [0, 0.05) is 5.02 Å². The van der Waals surface area contributed by atoms with Gasteiger partial charge in [0.25, 0.3) is 5.91 Å². The van der Waals surface area contributed by atoms with Gasteiger partial charge in [-0.15, -0.1) is 0 Å². The summed E-state index contributed by atoms with van der Waals surface area (Å²) in [6.07, 6.45) is 0. The van der Waals surface area contributed by atoms with E-state index in [2.05, 4.69) is 0 Å². The average Bonchev–Trinajstić information content (AvgIpc) is 2.60. The van der Waals surface area contributed by atoms with Gasteiger partial charge in [-0.1, -0.05) is 11.6 Å². The number of halogens is 4. The maximum absolute atomic E-state index is 13.5. The standard InChI is InChI=1S/C16H11ClF3NO4/c1-24-12-5-2-8(17)6-9(12)16(23)25-7-13(22)21-11-4-3-10(18)14(19)15(11)20/h2-6H,7H2,1H3,(H,21,22). The van der Waals surface area contributed by atoms with E-state index in [9.17, 15) is 22.8 Å². The second-order valence-electron chi connectivity index (χ2n) is 4.69. The van der Waals surface area contributed by atoms with Crippen LogP contribution in [0.4, 0.5) is 18.9 Å². The molecule has 0 aliphatic rings. The van der Waals surface area contributed by atoms with Gasteiger partial charge in [-0.05, 0) is 30.3 Å². The van der Waals surface area contributed by atoms with Crippen LogP contribution in [0.5, 0.6) is 5.75 Å². The van der Waals surface area contributed by atoms with Crippen molar-refractivity contribution in [3.63, 3.8) is 0 Å². The van der Waals surface area contributed by atoms with Crippen LogP contribution in [0.15, 0.2) is 30.3 Å². The fourth-order valence-corrected chi connectivity index (χ4v) is 2.03. The Morgan fingerprint density at radius 2 is 1.84 bits per heavy atom. The van der Waals surface area contributed by atoms with Crippen molar-refractivity contribution >= 4 is 29.2 Å². The number of carbonyl (C=O) groups excluding carboxylic acids is 2. The van der Waals surface area contributed by atoms with E-state index >= 15 is 0 Å². The minimum Gasteiger partial charge on any atom is -0.496 e. The van der Waals surface area contributed by atoms with Crippen LogP contribution >= 0.6 is 11.6 Å². The lowest BCUT2D eigenvalue weighted by Crippen LogP contribution is -2.22. The lowest BCUT2D eigenvalue weighted by molar-refractivity contribution is -0.119. The molecule has 0 aromatic heterocycles. The molecule has 9 heteroatoms. The molecule has 5 nitrogen and oxygen atoms in total. The summed E-state index contributed by atoms with van der Waals surface area (Å²) >= 11 is 5.78. The first-order chi connectivity index (χ1) is 11.8. The molecule has 0 saturated heterocycles. The highest BCUT2D eigenvalue weighted by Gasteiger charge is 2.18. The molecule has 2 aromatic rings. The Morgan fingerprint density at radius 3 is 2.52 bits per heavy atom. The van der Waals surface area contributed by atoms with Gasteiger partial charge in [-0.2, -0.15) is 0 Å².